The third kappa shape index (κ3) is 3.11. The molecule has 5 nitrogen and oxygen atoms in total. The lowest BCUT2D eigenvalue weighted by Crippen LogP contribution is -2.57. The van der Waals surface area contributed by atoms with E-state index in [1.54, 1.807) is 0 Å². The van der Waals surface area contributed by atoms with Gasteiger partial charge in [-0.15, -0.1) is 0 Å². The van der Waals surface area contributed by atoms with Gasteiger partial charge < -0.3 is 11.1 Å². The minimum absolute atomic E-state index is 0.0780. The lowest BCUT2D eigenvalue weighted by molar-refractivity contribution is -0.124. The average molecular weight is 258 g/mol. The van der Waals surface area contributed by atoms with Crippen molar-refractivity contribution in [2.24, 2.45) is 5.73 Å². The summed E-state index contributed by atoms with van der Waals surface area (Å²) in [6.07, 6.45) is 0.355. The first-order valence-corrected chi connectivity index (χ1v) is 6.41. The number of nitrogens with two attached hydrogens (primary N) is 1. The molecule has 0 saturated carbocycles. The van der Waals surface area contributed by atoms with E-state index < -0.39 is 0 Å². The molecule has 2 rings (SSSR count). The van der Waals surface area contributed by atoms with Gasteiger partial charge in [-0.05, 0) is 5.56 Å². The molecule has 0 bridgehead atoms. The van der Waals surface area contributed by atoms with Crippen LogP contribution in [0.2, 0.25) is 0 Å². The van der Waals surface area contributed by atoms with Crippen LogP contribution in [0.1, 0.15) is 18.0 Å². The maximum atomic E-state index is 11.6. The SMILES string of the molecule is N#CCC(c1ccccc1)N1CCNCC1C(N)=O. The third-order valence-corrected chi connectivity index (χ3v) is 3.48. The Morgan fingerprint density at radius 2 is 2.26 bits per heavy atom. The summed E-state index contributed by atoms with van der Waals surface area (Å²) in [7, 11) is 0. The van der Waals surface area contributed by atoms with Crippen LogP contribution >= 0.6 is 0 Å². The van der Waals surface area contributed by atoms with Crippen molar-refractivity contribution in [1.82, 2.24) is 10.2 Å². The molecular weight excluding hydrogens is 240 g/mol. The van der Waals surface area contributed by atoms with E-state index in [9.17, 15) is 4.79 Å². The maximum Gasteiger partial charge on any atom is 0.236 e. The molecule has 100 valence electrons. The van der Waals surface area contributed by atoms with Crippen molar-refractivity contribution in [1.29, 1.82) is 5.26 Å². The van der Waals surface area contributed by atoms with Gasteiger partial charge >= 0.3 is 0 Å². The molecular formula is C14H18N4O. The zero-order valence-electron chi connectivity index (χ0n) is 10.7. The molecule has 1 aliphatic heterocycles. The fourth-order valence-electron chi connectivity index (χ4n) is 2.55. The number of hydrogen-bond acceptors (Lipinski definition) is 4. The van der Waals surface area contributed by atoms with E-state index in [0.29, 0.717) is 13.0 Å². The molecule has 0 radical (unpaired) electrons. The van der Waals surface area contributed by atoms with E-state index in [4.69, 9.17) is 11.0 Å². The molecule has 0 aliphatic carbocycles. The monoisotopic (exact) mass is 258 g/mol. The molecule has 1 aromatic carbocycles. The largest absolute Gasteiger partial charge is 0.368 e. The zero-order chi connectivity index (χ0) is 13.7. The van der Waals surface area contributed by atoms with Crippen LogP contribution in [0, 0.1) is 11.3 Å². The molecule has 2 atom stereocenters. The quantitative estimate of drug-likeness (QED) is 0.819. The number of carbonyl (C=O) groups excluding carboxylic acids is 1. The lowest BCUT2D eigenvalue weighted by Gasteiger charge is -2.39. The summed E-state index contributed by atoms with van der Waals surface area (Å²) in [5.74, 6) is -0.342. The fraction of sp³-hybridized carbons (Fsp3) is 0.429. The molecule has 3 N–H and O–H groups in total. The van der Waals surface area contributed by atoms with Crippen LogP contribution in [0.15, 0.2) is 30.3 Å². The first-order chi connectivity index (χ1) is 9.24. The Labute approximate surface area is 113 Å². The number of nitrogens with zero attached hydrogens (tertiary/aromatic N) is 2. The summed E-state index contributed by atoms with van der Waals surface area (Å²) in [5, 5.41) is 12.2. The zero-order valence-corrected chi connectivity index (χ0v) is 10.7. The smallest absolute Gasteiger partial charge is 0.236 e. The average Bonchev–Trinajstić information content (AvgIpc) is 2.45. The highest BCUT2D eigenvalue weighted by Gasteiger charge is 2.32. The van der Waals surface area contributed by atoms with Gasteiger partial charge in [-0.25, -0.2) is 0 Å². The Bertz CT molecular complexity index is 468. The summed E-state index contributed by atoms with van der Waals surface area (Å²) in [6, 6.07) is 11.6. The van der Waals surface area contributed by atoms with E-state index in [-0.39, 0.29) is 18.0 Å². The number of nitrogens with one attached hydrogen (secondary N) is 1. The van der Waals surface area contributed by atoms with E-state index in [1.807, 2.05) is 35.2 Å². The van der Waals surface area contributed by atoms with Gasteiger partial charge in [0.25, 0.3) is 0 Å². The highest BCUT2D eigenvalue weighted by atomic mass is 16.1. The van der Waals surface area contributed by atoms with Gasteiger partial charge in [-0.3, -0.25) is 9.69 Å². The number of carbonyl (C=O) groups is 1. The predicted molar refractivity (Wildman–Crippen MR) is 72.0 cm³/mol. The van der Waals surface area contributed by atoms with E-state index in [1.165, 1.54) is 0 Å². The second-order valence-electron chi connectivity index (χ2n) is 4.65. The third-order valence-electron chi connectivity index (χ3n) is 3.48. The minimum Gasteiger partial charge on any atom is -0.368 e. The number of piperazine rings is 1. The number of rotatable bonds is 4. The Hall–Kier alpha value is -1.90. The van der Waals surface area contributed by atoms with Gasteiger partial charge in [-0.2, -0.15) is 5.26 Å². The van der Waals surface area contributed by atoms with Crippen LogP contribution in [-0.2, 0) is 4.79 Å². The summed E-state index contributed by atoms with van der Waals surface area (Å²) >= 11 is 0. The standard InChI is InChI=1S/C14H18N4O/c15-7-6-12(11-4-2-1-3-5-11)18-9-8-17-10-13(18)14(16)19/h1-5,12-13,17H,6,8-10H2,(H2,16,19). The summed E-state index contributed by atoms with van der Waals surface area (Å²) in [6.45, 7) is 2.07. The van der Waals surface area contributed by atoms with E-state index in [2.05, 4.69) is 11.4 Å². The molecule has 1 saturated heterocycles. The van der Waals surface area contributed by atoms with Crippen molar-refractivity contribution in [2.75, 3.05) is 19.6 Å². The van der Waals surface area contributed by atoms with Gasteiger partial charge in [-0.1, -0.05) is 30.3 Å². The van der Waals surface area contributed by atoms with E-state index >= 15 is 0 Å². The van der Waals surface area contributed by atoms with Crippen molar-refractivity contribution in [2.45, 2.75) is 18.5 Å². The lowest BCUT2D eigenvalue weighted by atomic mass is 9.99. The Morgan fingerprint density at radius 3 is 2.89 bits per heavy atom. The van der Waals surface area contributed by atoms with Gasteiger partial charge in [0, 0.05) is 25.7 Å². The minimum atomic E-state index is -0.354. The van der Waals surface area contributed by atoms with Crippen LogP contribution in [-0.4, -0.2) is 36.5 Å². The number of nitriles is 1. The van der Waals surface area contributed by atoms with Gasteiger partial charge in [0.15, 0.2) is 0 Å². The van der Waals surface area contributed by atoms with Gasteiger partial charge in [0.2, 0.25) is 5.91 Å². The molecule has 0 spiro atoms. The topological polar surface area (TPSA) is 82.2 Å². The van der Waals surface area contributed by atoms with Gasteiger partial charge in [0.1, 0.15) is 6.04 Å². The van der Waals surface area contributed by atoms with Crippen LogP contribution in [0.3, 0.4) is 0 Å². The number of hydrogen-bond donors (Lipinski definition) is 2. The number of primary amides is 1. The molecule has 5 heteroatoms. The highest BCUT2D eigenvalue weighted by Crippen LogP contribution is 2.26. The second-order valence-corrected chi connectivity index (χ2v) is 4.65. The summed E-state index contributed by atoms with van der Waals surface area (Å²) in [5.41, 5.74) is 6.52. The first-order valence-electron chi connectivity index (χ1n) is 6.41. The Morgan fingerprint density at radius 1 is 1.53 bits per heavy atom. The van der Waals surface area contributed by atoms with Crippen molar-refractivity contribution in [3.63, 3.8) is 0 Å². The van der Waals surface area contributed by atoms with Crippen molar-refractivity contribution >= 4 is 5.91 Å². The molecule has 1 aromatic rings. The van der Waals surface area contributed by atoms with Crippen molar-refractivity contribution in [3.05, 3.63) is 35.9 Å². The van der Waals surface area contributed by atoms with Crippen LogP contribution in [0.5, 0.6) is 0 Å². The van der Waals surface area contributed by atoms with E-state index in [0.717, 1.165) is 18.7 Å². The van der Waals surface area contributed by atoms with Crippen molar-refractivity contribution in [3.8, 4) is 6.07 Å². The molecule has 2 unspecified atom stereocenters. The second kappa shape index (κ2) is 6.32. The van der Waals surface area contributed by atoms with Crippen LogP contribution < -0.4 is 11.1 Å². The van der Waals surface area contributed by atoms with Gasteiger partial charge in [0.05, 0.1) is 12.5 Å². The fourth-order valence-corrected chi connectivity index (χ4v) is 2.55. The summed E-state index contributed by atoms with van der Waals surface area (Å²) < 4.78 is 0. The van der Waals surface area contributed by atoms with Crippen LogP contribution in [0.25, 0.3) is 0 Å². The highest BCUT2D eigenvalue weighted by molar-refractivity contribution is 5.80. The number of amides is 1. The Balaban J connectivity index is 2.27. The molecule has 1 fully saturated rings. The summed E-state index contributed by atoms with van der Waals surface area (Å²) in [4.78, 5) is 13.6. The normalized spacial score (nSPS) is 21.5. The first kappa shape index (κ1) is 13.5. The maximum absolute atomic E-state index is 11.6. The molecule has 1 amide bonds. The predicted octanol–water partition coefficient (Wildman–Crippen LogP) is 0.400. The molecule has 1 heterocycles. The number of benzene rings is 1. The van der Waals surface area contributed by atoms with Crippen molar-refractivity contribution < 1.29 is 4.79 Å². The Kier molecular flexibility index (Phi) is 4.50. The van der Waals surface area contributed by atoms with Crippen LogP contribution in [0.4, 0.5) is 0 Å². The molecule has 1 aliphatic rings. The molecule has 0 aromatic heterocycles. The molecule has 19 heavy (non-hydrogen) atoms.